The first-order valence-electron chi connectivity index (χ1n) is 13.4. The first-order valence-corrected chi connectivity index (χ1v) is 13.4. The number of aliphatic hydroxyl groups is 1. The maximum Gasteiger partial charge on any atom is 0.220 e. The summed E-state index contributed by atoms with van der Waals surface area (Å²) in [6.45, 7) is 5.54. The van der Waals surface area contributed by atoms with E-state index in [9.17, 15) is 9.90 Å². The van der Waals surface area contributed by atoms with Crippen molar-refractivity contribution >= 4 is 5.91 Å². The number of nitrogens with zero attached hydrogens (tertiary/aromatic N) is 1. The van der Waals surface area contributed by atoms with E-state index in [1.165, 1.54) is 103 Å². The molecule has 1 fully saturated rings. The van der Waals surface area contributed by atoms with Gasteiger partial charge in [0, 0.05) is 19.5 Å². The molecule has 1 unspecified atom stereocenters. The molecular weight excluding hydrogens is 372 g/mol. The number of aliphatic hydroxyl groups excluding tert-OH is 1. The Labute approximate surface area is 187 Å². The molecule has 1 saturated heterocycles. The molecule has 30 heavy (non-hydrogen) atoms. The molecule has 0 radical (unpaired) electrons. The van der Waals surface area contributed by atoms with Crippen LogP contribution in [-0.4, -0.2) is 48.2 Å². The summed E-state index contributed by atoms with van der Waals surface area (Å²) in [5.74, 6) is 0.0994. The average Bonchev–Trinajstić information content (AvgIpc) is 2.75. The molecule has 0 aromatic rings. The number of amides is 1. The van der Waals surface area contributed by atoms with E-state index in [1.807, 2.05) is 0 Å². The van der Waals surface area contributed by atoms with Gasteiger partial charge in [0.1, 0.15) is 0 Å². The molecule has 2 N–H and O–H groups in total. The standard InChI is InChI=1S/C26H52N2O2/c1-2-3-4-5-6-7-8-9-10-11-12-13-14-15-17-20-26(30)27-23-25(29)24-28-21-18-16-19-22-28/h25,29H,2-24H2,1H3,(H,27,30). The number of likely N-dealkylation sites (tertiary alicyclic amines) is 1. The van der Waals surface area contributed by atoms with Crippen LogP contribution in [0.25, 0.3) is 0 Å². The lowest BCUT2D eigenvalue weighted by Gasteiger charge is -2.28. The molecule has 0 saturated carbocycles. The zero-order chi connectivity index (χ0) is 21.7. The van der Waals surface area contributed by atoms with E-state index in [0.29, 0.717) is 19.5 Å². The van der Waals surface area contributed by atoms with Gasteiger partial charge in [-0.15, -0.1) is 0 Å². The Kier molecular flexibility index (Phi) is 18.6. The highest BCUT2D eigenvalue weighted by atomic mass is 16.3. The van der Waals surface area contributed by atoms with E-state index < -0.39 is 6.10 Å². The third-order valence-electron chi connectivity index (χ3n) is 6.46. The van der Waals surface area contributed by atoms with Crippen molar-refractivity contribution in [3.8, 4) is 0 Å². The number of carbonyl (C=O) groups is 1. The highest BCUT2D eigenvalue weighted by Gasteiger charge is 2.15. The van der Waals surface area contributed by atoms with Crippen LogP contribution in [0.4, 0.5) is 0 Å². The number of hydrogen-bond donors (Lipinski definition) is 2. The summed E-state index contributed by atoms with van der Waals surface area (Å²) in [7, 11) is 0. The van der Waals surface area contributed by atoms with Gasteiger partial charge in [-0.3, -0.25) is 4.79 Å². The zero-order valence-corrected chi connectivity index (χ0v) is 20.1. The lowest BCUT2D eigenvalue weighted by Crippen LogP contribution is -2.41. The summed E-state index contributed by atoms with van der Waals surface area (Å²) >= 11 is 0. The number of piperidine rings is 1. The van der Waals surface area contributed by atoms with E-state index in [1.54, 1.807) is 0 Å². The molecule has 0 bridgehead atoms. The first kappa shape index (κ1) is 27.4. The molecule has 4 heteroatoms. The minimum Gasteiger partial charge on any atom is -0.390 e. The van der Waals surface area contributed by atoms with E-state index in [-0.39, 0.29) is 5.91 Å². The SMILES string of the molecule is CCCCCCCCCCCCCCCCCC(=O)NCC(O)CN1CCCCC1. The fourth-order valence-electron chi connectivity index (χ4n) is 4.48. The van der Waals surface area contributed by atoms with Crippen LogP contribution >= 0.6 is 0 Å². The monoisotopic (exact) mass is 424 g/mol. The fraction of sp³-hybridized carbons (Fsp3) is 0.962. The molecular formula is C26H52N2O2. The van der Waals surface area contributed by atoms with Crippen molar-refractivity contribution in [3.63, 3.8) is 0 Å². The predicted molar refractivity (Wildman–Crippen MR) is 129 cm³/mol. The Hall–Kier alpha value is -0.610. The van der Waals surface area contributed by atoms with E-state index >= 15 is 0 Å². The van der Waals surface area contributed by atoms with Crippen LogP contribution in [0.1, 0.15) is 129 Å². The molecule has 1 aliphatic rings. The number of carbonyl (C=O) groups excluding carboxylic acids is 1. The van der Waals surface area contributed by atoms with E-state index in [2.05, 4.69) is 17.1 Å². The van der Waals surface area contributed by atoms with Crippen molar-refractivity contribution in [1.29, 1.82) is 0 Å². The summed E-state index contributed by atoms with van der Waals surface area (Å²) in [6, 6.07) is 0. The summed E-state index contributed by atoms with van der Waals surface area (Å²) in [6.07, 6.45) is 24.1. The van der Waals surface area contributed by atoms with E-state index in [0.717, 1.165) is 25.9 Å². The molecule has 1 heterocycles. The van der Waals surface area contributed by atoms with Crippen molar-refractivity contribution in [2.24, 2.45) is 0 Å². The normalized spacial score (nSPS) is 15.9. The van der Waals surface area contributed by atoms with Gasteiger partial charge in [0.05, 0.1) is 6.10 Å². The fourth-order valence-corrected chi connectivity index (χ4v) is 4.48. The van der Waals surface area contributed by atoms with Gasteiger partial charge in [-0.25, -0.2) is 0 Å². The number of nitrogens with one attached hydrogen (secondary N) is 1. The lowest BCUT2D eigenvalue weighted by atomic mass is 10.0. The van der Waals surface area contributed by atoms with Crippen molar-refractivity contribution in [2.45, 2.75) is 135 Å². The van der Waals surface area contributed by atoms with Crippen molar-refractivity contribution in [3.05, 3.63) is 0 Å². The Balaban J connectivity index is 1.78. The molecule has 0 aromatic carbocycles. The van der Waals surface area contributed by atoms with Crippen LogP contribution in [0.5, 0.6) is 0 Å². The lowest BCUT2D eigenvalue weighted by molar-refractivity contribution is -0.121. The summed E-state index contributed by atoms with van der Waals surface area (Å²) in [4.78, 5) is 14.3. The third kappa shape index (κ3) is 17.1. The second-order valence-electron chi connectivity index (χ2n) is 9.52. The van der Waals surface area contributed by atoms with Gasteiger partial charge in [-0.1, -0.05) is 103 Å². The van der Waals surface area contributed by atoms with Crippen LogP contribution in [-0.2, 0) is 4.79 Å². The Morgan fingerprint density at radius 3 is 1.73 bits per heavy atom. The minimum absolute atomic E-state index is 0.0994. The van der Waals surface area contributed by atoms with Crippen LogP contribution < -0.4 is 5.32 Å². The van der Waals surface area contributed by atoms with Gasteiger partial charge in [0.2, 0.25) is 5.91 Å². The summed E-state index contributed by atoms with van der Waals surface area (Å²) in [5, 5.41) is 13.0. The number of rotatable bonds is 20. The Morgan fingerprint density at radius 1 is 0.767 bits per heavy atom. The second kappa shape index (κ2) is 20.3. The van der Waals surface area contributed by atoms with Gasteiger partial charge in [-0.05, 0) is 32.4 Å². The molecule has 0 spiro atoms. The average molecular weight is 425 g/mol. The Bertz CT molecular complexity index is 383. The molecule has 1 aliphatic heterocycles. The summed E-state index contributed by atoms with van der Waals surface area (Å²) in [5.41, 5.74) is 0. The van der Waals surface area contributed by atoms with Gasteiger partial charge in [-0.2, -0.15) is 0 Å². The van der Waals surface area contributed by atoms with Crippen molar-refractivity contribution < 1.29 is 9.90 Å². The molecule has 1 rings (SSSR count). The van der Waals surface area contributed by atoms with Crippen LogP contribution in [0.15, 0.2) is 0 Å². The number of unbranched alkanes of at least 4 members (excludes halogenated alkanes) is 14. The van der Waals surface area contributed by atoms with Crippen molar-refractivity contribution in [1.82, 2.24) is 10.2 Å². The largest absolute Gasteiger partial charge is 0.390 e. The molecule has 1 atom stereocenters. The quantitative estimate of drug-likeness (QED) is 0.228. The highest BCUT2D eigenvalue weighted by molar-refractivity contribution is 5.75. The first-order chi connectivity index (χ1) is 14.7. The topological polar surface area (TPSA) is 52.6 Å². The van der Waals surface area contributed by atoms with Gasteiger partial charge < -0.3 is 15.3 Å². The van der Waals surface area contributed by atoms with Gasteiger partial charge in [0.25, 0.3) is 0 Å². The maximum absolute atomic E-state index is 11.9. The van der Waals surface area contributed by atoms with Gasteiger partial charge >= 0.3 is 0 Å². The second-order valence-corrected chi connectivity index (χ2v) is 9.52. The third-order valence-corrected chi connectivity index (χ3v) is 6.46. The number of hydrogen-bond acceptors (Lipinski definition) is 3. The van der Waals surface area contributed by atoms with Crippen molar-refractivity contribution in [2.75, 3.05) is 26.2 Å². The Morgan fingerprint density at radius 2 is 1.23 bits per heavy atom. The van der Waals surface area contributed by atoms with Gasteiger partial charge in [0.15, 0.2) is 0 Å². The van der Waals surface area contributed by atoms with Crippen LogP contribution in [0.2, 0.25) is 0 Å². The van der Waals surface area contributed by atoms with Crippen LogP contribution in [0.3, 0.4) is 0 Å². The zero-order valence-electron chi connectivity index (χ0n) is 20.1. The molecule has 0 aliphatic carbocycles. The predicted octanol–water partition coefficient (Wildman–Crippen LogP) is 6.21. The smallest absolute Gasteiger partial charge is 0.220 e. The van der Waals surface area contributed by atoms with Crippen LogP contribution in [0, 0.1) is 0 Å². The molecule has 178 valence electrons. The summed E-state index contributed by atoms with van der Waals surface area (Å²) < 4.78 is 0. The highest BCUT2D eigenvalue weighted by Crippen LogP contribution is 2.14. The maximum atomic E-state index is 11.9. The molecule has 1 amide bonds. The molecule has 4 nitrogen and oxygen atoms in total. The minimum atomic E-state index is -0.437. The number of β-amino-alcohol motifs (C(OH)–C–C–N with tert-alkyl or cyclic N) is 1. The van der Waals surface area contributed by atoms with E-state index in [4.69, 9.17) is 0 Å². The molecule has 0 aromatic heterocycles.